The minimum Gasteiger partial charge on any atom is -0.481 e. The van der Waals surface area contributed by atoms with Crippen LogP contribution in [0.5, 0.6) is 0 Å². The van der Waals surface area contributed by atoms with Crippen molar-refractivity contribution in [3.8, 4) is 0 Å². The summed E-state index contributed by atoms with van der Waals surface area (Å²) in [7, 11) is 1.97. The molecule has 0 fully saturated rings. The fourth-order valence-corrected chi connectivity index (χ4v) is 5.18. The van der Waals surface area contributed by atoms with E-state index in [9.17, 15) is 9.59 Å². The number of carboxylic acids is 1. The smallest absolute Gasteiger partial charge is 0.303 e. The molecule has 3 rings (SSSR count). The summed E-state index contributed by atoms with van der Waals surface area (Å²) in [5.74, 6) is -0.151. The second-order valence-corrected chi connectivity index (χ2v) is 10.7. The van der Waals surface area contributed by atoms with Crippen LogP contribution in [0.3, 0.4) is 0 Å². The number of carboxylic acid groups (broad SMARTS) is 1. The van der Waals surface area contributed by atoms with Crippen LogP contribution in [0.2, 0.25) is 0 Å². The lowest BCUT2D eigenvalue weighted by Gasteiger charge is -2.21. The van der Waals surface area contributed by atoms with E-state index >= 15 is 0 Å². The second-order valence-electron chi connectivity index (χ2n) is 10.7. The first-order chi connectivity index (χ1) is 18.2. The molecular formula is C33H44N2O3. The highest BCUT2D eigenvalue weighted by atomic mass is 16.4. The third-order valence-corrected chi connectivity index (χ3v) is 7.20. The molecule has 5 nitrogen and oxygen atoms in total. The fraction of sp³-hybridized carbons (Fsp3) is 0.455. The van der Waals surface area contributed by atoms with E-state index in [1.165, 1.54) is 11.1 Å². The second kappa shape index (κ2) is 14.0. The van der Waals surface area contributed by atoms with E-state index < -0.39 is 5.97 Å². The molecule has 2 aromatic carbocycles. The van der Waals surface area contributed by atoms with Crippen LogP contribution in [0.15, 0.2) is 54.6 Å². The van der Waals surface area contributed by atoms with Gasteiger partial charge in [-0.1, -0.05) is 76.9 Å². The molecular weight excluding hydrogens is 472 g/mol. The maximum atomic E-state index is 13.6. The van der Waals surface area contributed by atoms with Gasteiger partial charge in [0.1, 0.15) is 0 Å². The van der Waals surface area contributed by atoms with E-state index in [2.05, 4.69) is 61.8 Å². The van der Waals surface area contributed by atoms with Gasteiger partial charge in [-0.25, -0.2) is 0 Å². The van der Waals surface area contributed by atoms with Gasteiger partial charge in [-0.05, 0) is 67.3 Å². The standard InChI is InChI=1S/C33H44N2O3/c1-6-8-14-30(25-18-16-24(17-19-25)20-23(3)4)34-27-12-9-11-26(21-27)33(38)29-22-28(13-10-15-32(36)37)35(5)31(29)7-2/h9,11-12,16-19,21-23,30,34H,6-8,10,13-15,20H2,1-5H3,(H,36,37). The topological polar surface area (TPSA) is 71.3 Å². The van der Waals surface area contributed by atoms with Crippen LogP contribution >= 0.6 is 0 Å². The predicted molar refractivity (Wildman–Crippen MR) is 156 cm³/mol. The van der Waals surface area contributed by atoms with Gasteiger partial charge in [-0.2, -0.15) is 0 Å². The summed E-state index contributed by atoms with van der Waals surface area (Å²) in [5, 5.41) is 12.7. The van der Waals surface area contributed by atoms with E-state index in [0.29, 0.717) is 29.9 Å². The van der Waals surface area contributed by atoms with Crippen LogP contribution in [0.4, 0.5) is 5.69 Å². The summed E-state index contributed by atoms with van der Waals surface area (Å²) < 4.78 is 2.06. The number of carbonyl (C=O) groups excluding carboxylic acids is 1. The van der Waals surface area contributed by atoms with Gasteiger partial charge in [0.25, 0.3) is 0 Å². The fourth-order valence-electron chi connectivity index (χ4n) is 5.18. The highest BCUT2D eigenvalue weighted by Gasteiger charge is 2.20. The Morgan fingerprint density at radius 3 is 2.37 bits per heavy atom. The third kappa shape index (κ3) is 7.83. The van der Waals surface area contributed by atoms with Crippen LogP contribution in [-0.2, 0) is 31.1 Å². The normalized spacial score (nSPS) is 12.1. The van der Waals surface area contributed by atoms with Gasteiger partial charge in [0, 0.05) is 41.7 Å². The quantitative estimate of drug-likeness (QED) is 0.202. The van der Waals surface area contributed by atoms with E-state index in [0.717, 1.165) is 49.2 Å². The average Bonchev–Trinajstić information content (AvgIpc) is 3.21. The van der Waals surface area contributed by atoms with Gasteiger partial charge in [0.15, 0.2) is 5.78 Å². The molecule has 0 saturated carbocycles. The van der Waals surface area contributed by atoms with Gasteiger partial charge in [0.05, 0.1) is 6.04 Å². The average molecular weight is 517 g/mol. The molecule has 0 aliphatic heterocycles. The van der Waals surface area contributed by atoms with Crippen molar-refractivity contribution in [2.75, 3.05) is 5.32 Å². The molecule has 1 heterocycles. The Kier molecular flexibility index (Phi) is 10.8. The largest absolute Gasteiger partial charge is 0.481 e. The number of carbonyl (C=O) groups is 2. The van der Waals surface area contributed by atoms with Crippen molar-refractivity contribution >= 4 is 17.4 Å². The number of nitrogens with zero attached hydrogens (tertiary/aromatic N) is 1. The Morgan fingerprint density at radius 1 is 1.00 bits per heavy atom. The zero-order valence-electron chi connectivity index (χ0n) is 23.7. The number of aliphatic carboxylic acids is 1. The number of ketones is 1. The molecule has 0 saturated heterocycles. The van der Waals surface area contributed by atoms with Crippen LogP contribution < -0.4 is 5.32 Å². The number of anilines is 1. The number of rotatable bonds is 15. The highest BCUT2D eigenvalue weighted by molar-refractivity contribution is 6.10. The first-order valence-electron chi connectivity index (χ1n) is 14.1. The van der Waals surface area contributed by atoms with E-state index in [1.54, 1.807) is 0 Å². The molecule has 0 amide bonds. The Hall–Kier alpha value is -3.34. The molecule has 38 heavy (non-hydrogen) atoms. The van der Waals surface area contributed by atoms with Crippen molar-refractivity contribution in [1.82, 2.24) is 4.57 Å². The zero-order chi connectivity index (χ0) is 27.7. The summed E-state index contributed by atoms with van der Waals surface area (Å²) in [5.41, 5.74) is 6.93. The van der Waals surface area contributed by atoms with E-state index in [-0.39, 0.29) is 18.2 Å². The predicted octanol–water partition coefficient (Wildman–Crippen LogP) is 7.77. The molecule has 0 bridgehead atoms. The minimum atomic E-state index is -0.792. The van der Waals surface area contributed by atoms with Gasteiger partial charge >= 0.3 is 5.97 Å². The molecule has 1 unspecified atom stereocenters. The molecule has 3 aromatic rings. The number of unbranched alkanes of at least 4 members (excludes halogenated alkanes) is 1. The zero-order valence-corrected chi connectivity index (χ0v) is 23.7. The lowest BCUT2D eigenvalue weighted by atomic mass is 9.96. The van der Waals surface area contributed by atoms with E-state index in [4.69, 9.17) is 5.11 Å². The Balaban J connectivity index is 1.82. The van der Waals surface area contributed by atoms with Gasteiger partial charge in [-0.3, -0.25) is 9.59 Å². The number of aromatic nitrogens is 1. The maximum Gasteiger partial charge on any atom is 0.303 e. The number of hydrogen-bond donors (Lipinski definition) is 2. The van der Waals surface area contributed by atoms with Crippen LogP contribution in [0, 0.1) is 5.92 Å². The van der Waals surface area contributed by atoms with Crippen molar-refractivity contribution < 1.29 is 14.7 Å². The number of hydrogen-bond acceptors (Lipinski definition) is 3. The molecule has 204 valence electrons. The molecule has 1 atom stereocenters. The van der Waals surface area contributed by atoms with Crippen molar-refractivity contribution in [3.05, 3.63) is 88.2 Å². The summed E-state index contributed by atoms with van der Waals surface area (Å²) in [6, 6.07) is 18.9. The van der Waals surface area contributed by atoms with Crippen LogP contribution in [0.25, 0.3) is 0 Å². The number of nitrogens with one attached hydrogen (secondary N) is 1. The van der Waals surface area contributed by atoms with Crippen molar-refractivity contribution in [2.24, 2.45) is 13.0 Å². The molecule has 5 heteroatoms. The maximum absolute atomic E-state index is 13.6. The third-order valence-electron chi connectivity index (χ3n) is 7.20. The summed E-state index contributed by atoms with van der Waals surface area (Å²) >= 11 is 0. The summed E-state index contributed by atoms with van der Waals surface area (Å²) in [4.78, 5) is 24.6. The van der Waals surface area contributed by atoms with Crippen molar-refractivity contribution in [3.63, 3.8) is 0 Å². The summed E-state index contributed by atoms with van der Waals surface area (Å²) in [6.07, 6.45) is 6.42. The highest BCUT2D eigenvalue weighted by Crippen LogP contribution is 2.28. The van der Waals surface area contributed by atoms with Crippen LogP contribution in [-0.4, -0.2) is 21.4 Å². The first kappa shape index (κ1) is 29.2. The van der Waals surface area contributed by atoms with E-state index in [1.807, 2.05) is 37.4 Å². The van der Waals surface area contributed by atoms with Crippen LogP contribution in [0.1, 0.15) is 104 Å². The number of benzene rings is 2. The molecule has 0 radical (unpaired) electrons. The Morgan fingerprint density at radius 2 is 1.74 bits per heavy atom. The lowest BCUT2D eigenvalue weighted by Crippen LogP contribution is -2.12. The van der Waals surface area contributed by atoms with Gasteiger partial charge in [-0.15, -0.1) is 0 Å². The Bertz CT molecular complexity index is 1210. The van der Waals surface area contributed by atoms with Gasteiger partial charge in [0.2, 0.25) is 0 Å². The first-order valence-corrected chi connectivity index (χ1v) is 14.1. The monoisotopic (exact) mass is 516 g/mol. The molecule has 1 aromatic heterocycles. The lowest BCUT2D eigenvalue weighted by molar-refractivity contribution is -0.137. The SMILES string of the molecule is CCCCC(Nc1cccc(C(=O)c2cc(CCCC(=O)O)n(C)c2CC)c1)c1ccc(CC(C)C)cc1. The Labute approximate surface area is 228 Å². The molecule has 0 spiro atoms. The van der Waals surface area contributed by atoms with Crippen molar-refractivity contribution in [1.29, 1.82) is 0 Å². The molecule has 0 aliphatic rings. The molecule has 0 aliphatic carbocycles. The number of aryl methyl sites for hydroxylation is 1. The summed E-state index contributed by atoms with van der Waals surface area (Å²) in [6.45, 7) is 8.75. The molecule has 2 N–H and O–H groups in total. The van der Waals surface area contributed by atoms with Crippen molar-refractivity contribution in [2.45, 2.75) is 85.1 Å². The van der Waals surface area contributed by atoms with Gasteiger partial charge < -0.3 is 15.0 Å². The minimum absolute atomic E-state index is 0.00808.